The Morgan fingerprint density at radius 1 is 0.947 bits per heavy atom. The molecule has 0 atom stereocenters. The Hall–Kier alpha value is -3.62. The lowest BCUT2D eigenvalue weighted by Crippen LogP contribution is -2.17. The molecule has 0 spiro atoms. The number of pyridine rings is 1. The molecular weight excluding hydrogens is 490 g/mol. The van der Waals surface area contributed by atoms with E-state index < -0.39 is 17.6 Å². The Kier molecular flexibility index (Phi) is 7.81. The van der Waals surface area contributed by atoms with Crippen molar-refractivity contribution in [3.8, 4) is 17.0 Å². The van der Waals surface area contributed by atoms with Gasteiger partial charge in [0.1, 0.15) is 35.0 Å². The molecule has 0 aliphatic heterocycles. The van der Waals surface area contributed by atoms with Gasteiger partial charge in [-0.3, -0.25) is 0 Å². The van der Waals surface area contributed by atoms with Crippen LogP contribution in [0.4, 0.5) is 20.3 Å². The topological polar surface area (TPSA) is 97.2 Å². The van der Waals surface area contributed by atoms with Crippen LogP contribution in [0.1, 0.15) is 97.8 Å². The molecule has 200 valence electrons. The minimum absolute atomic E-state index is 0.0804. The summed E-state index contributed by atoms with van der Waals surface area (Å²) in [4.78, 5) is 25.9. The predicted molar refractivity (Wildman–Crippen MR) is 140 cm³/mol. The number of ether oxygens (including phenoxy) is 1. The largest absolute Gasteiger partial charge is 0.496 e. The SMILES string of the molecule is COc1cccc(F)c1-c1nc(Nc2c(C3CCCCC3)ncnc2C2CCCCC2)c(C(=O)O)cc1F. The standard InChI is InChI=1S/C29H32F2N4O3/c1-38-22-14-8-13-20(30)23(22)26-21(31)15-19(29(36)37)28(34-26)35-27-24(17-9-4-2-5-10-17)32-16-33-25(27)18-11-6-3-7-12-18/h8,13-18H,2-7,9-12H2,1H3,(H,34,35)(H,36,37). The van der Waals surface area contributed by atoms with Crippen molar-refractivity contribution < 1.29 is 23.4 Å². The highest BCUT2D eigenvalue weighted by Crippen LogP contribution is 2.43. The van der Waals surface area contributed by atoms with Crippen LogP contribution in [0.5, 0.6) is 5.75 Å². The molecule has 3 aromatic rings. The van der Waals surface area contributed by atoms with Gasteiger partial charge in [0.2, 0.25) is 0 Å². The smallest absolute Gasteiger partial charge is 0.339 e. The normalized spacial score (nSPS) is 16.8. The monoisotopic (exact) mass is 522 g/mol. The molecule has 0 radical (unpaired) electrons. The summed E-state index contributed by atoms with van der Waals surface area (Å²) in [6.45, 7) is 0. The second-order valence-corrected chi connectivity index (χ2v) is 10.2. The molecule has 2 fully saturated rings. The minimum Gasteiger partial charge on any atom is -0.496 e. The third-order valence-electron chi connectivity index (χ3n) is 7.77. The number of carboxylic acid groups (broad SMARTS) is 1. The summed E-state index contributed by atoms with van der Waals surface area (Å²) in [5, 5.41) is 13.2. The fourth-order valence-corrected chi connectivity index (χ4v) is 5.86. The lowest BCUT2D eigenvalue weighted by Gasteiger charge is -2.28. The number of methoxy groups -OCH3 is 1. The van der Waals surface area contributed by atoms with Gasteiger partial charge in [-0.05, 0) is 43.9 Å². The number of anilines is 2. The number of carbonyl (C=O) groups is 1. The van der Waals surface area contributed by atoms with Crippen LogP contribution in [-0.2, 0) is 0 Å². The van der Waals surface area contributed by atoms with Gasteiger partial charge < -0.3 is 15.2 Å². The average Bonchev–Trinajstić information content (AvgIpc) is 2.94. The van der Waals surface area contributed by atoms with Gasteiger partial charge >= 0.3 is 5.97 Å². The molecule has 2 saturated carbocycles. The first kappa shape index (κ1) is 26.0. The number of carboxylic acids is 1. The molecule has 38 heavy (non-hydrogen) atoms. The van der Waals surface area contributed by atoms with Crippen LogP contribution in [0.2, 0.25) is 0 Å². The third-order valence-corrected chi connectivity index (χ3v) is 7.77. The number of rotatable bonds is 7. The molecular formula is C29H32F2N4O3. The average molecular weight is 523 g/mol. The molecule has 2 heterocycles. The van der Waals surface area contributed by atoms with Gasteiger partial charge in [0.25, 0.3) is 0 Å². The molecule has 1 aromatic carbocycles. The van der Waals surface area contributed by atoms with E-state index in [0.717, 1.165) is 68.8 Å². The summed E-state index contributed by atoms with van der Waals surface area (Å²) in [5.41, 5.74) is 1.48. The van der Waals surface area contributed by atoms with E-state index in [4.69, 9.17) is 4.74 Å². The number of halogens is 2. The highest BCUT2D eigenvalue weighted by atomic mass is 19.1. The molecule has 9 heteroatoms. The van der Waals surface area contributed by atoms with E-state index >= 15 is 4.39 Å². The van der Waals surface area contributed by atoms with Gasteiger partial charge in [-0.2, -0.15) is 0 Å². The lowest BCUT2D eigenvalue weighted by atomic mass is 9.82. The second-order valence-electron chi connectivity index (χ2n) is 10.2. The summed E-state index contributed by atoms with van der Waals surface area (Å²) in [7, 11) is 1.36. The fourth-order valence-electron chi connectivity index (χ4n) is 5.86. The van der Waals surface area contributed by atoms with E-state index in [2.05, 4.69) is 20.3 Å². The maximum absolute atomic E-state index is 15.3. The fraction of sp³-hybridized carbons (Fsp3) is 0.448. The van der Waals surface area contributed by atoms with Gasteiger partial charge in [-0.1, -0.05) is 44.6 Å². The van der Waals surface area contributed by atoms with E-state index in [1.807, 2.05) is 0 Å². The Bertz CT molecular complexity index is 1290. The van der Waals surface area contributed by atoms with Crippen molar-refractivity contribution in [1.82, 2.24) is 15.0 Å². The summed E-state index contributed by atoms with van der Waals surface area (Å²) in [5.74, 6) is -2.60. The highest BCUT2D eigenvalue weighted by molar-refractivity contribution is 5.95. The number of hydrogen-bond acceptors (Lipinski definition) is 6. The number of aromatic nitrogens is 3. The number of hydrogen-bond donors (Lipinski definition) is 2. The van der Waals surface area contributed by atoms with Crippen LogP contribution < -0.4 is 10.1 Å². The minimum atomic E-state index is -1.35. The molecule has 2 aliphatic rings. The zero-order valence-electron chi connectivity index (χ0n) is 21.5. The Balaban J connectivity index is 1.67. The summed E-state index contributed by atoms with van der Waals surface area (Å²) in [6.07, 6.45) is 12.3. The molecule has 0 saturated heterocycles. The first-order chi connectivity index (χ1) is 18.5. The first-order valence-corrected chi connectivity index (χ1v) is 13.4. The zero-order valence-corrected chi connectivity index (χ0v) is 21.5. The van der Waals surface area contributed by atoms with Crippen LogP contribution in [-0.4, -0.2) is 33.1 Å². The number of benzene rings is 1. The Labute approximate surface area is 220 Å². The van der Waals surface area contributed by atoms with Crippen LogP contribution in [0, 0.1) is 11.6 Å². The summed E-state index contributed by atoms with van der Waals surface area (Å²) < 4.78 is 35.4. The van der Waals surface area contributed by atoms with Gasteiger partial charge in [0.05, 0.1) is 29.7 Å². The van der Waals surface area contributed by atoms with Crippen molar-refractivity contribution in [2.75, 3.05) is 12.4 Å². The van der Waals surface area contributed by atoms with E-state index in [1.165, 1.54) is 38.2 Å². The van der Waals surface area contributed by atoms with Gasteiger partial charge in [0, 0.05) is 11.8 Å². The molecule has 2 N–H and O–H groups in total. The van der Waals surface area contributed by atoms with Gasteiger partial charge in [0.15, 0.2) is 5.82 Å². The second kappa shape index (κ2) is 11.4. The van der Waals surface area contributed by atoms with Gasteiger partial charge in [-0.15, -0.1) is 0 Å². The van der Waals surface area contributed by atoms with Crippen LogP contribution in [0.3, 0.4) is 0 Å². The molecule has 0 amide bonds. The van der Waals surface area contributed by atoms with E-state index in [-0.39, 0.29) is 40.2 Å². The molecule has 0 unspecified atom stereocenters. The van der Waals surface area contributed by atoms with Crippen molar-refractivity contribution in [2.24, 2.45) is 0 Å². The zero-order chi connectivity index (χ0) is 26.6. The van der Waals surface area contributed by atoms with Crippen molar-refractivity contribution >= 4 is 17.5 Å². The summed E-state index contributed by atoms with van der Waals surface area (Å²) in [6, 6.07) is 5.02. The Morgan fingerprint density at radius 2 is 1.55 bits per heavy atom. The maximum Gasteiger partial charge on any atom is 0.339 e. The van der Waals surface area contributed by atoms with Crippen LogP contribution >= 0.6 is 0 Å². The van der Waals surface area contributed by atoms with Crippen LogP contribution in [0.15, 0.2) is 30.6 Å². The Morgan fingerprint density at radius 3 is 2.11 bits per heavy atom. The van der Waals surface area contributed by atoms with Gasteiger partial charge in [-0.25, -0.2) is 28.5 Å². The molecule has 5 rings (SSSR count). The van der Waals surface area contributed by atoms with Crippen LogP contribution in [0.25, 0.3) is 11.3 Å². The molecule has 2 aliphatic carbocycles. The molecule has 0 bridgehead atoms. The quantitative estimate of drug-likeness (QED) is 0.334. The predicted octanol–water partition coefficient (Wildman–Crippen LogP) is 7.36. The molecule has 2 aromatic heterocycles. The van der Waals surface area contributed by atoms with E-state index in [0.29, 0.717) is 5.69 Å². The van der Waals surface area contributed by atoms with E-state index in [9.17, 15) is 14.3 Å². The number of nitrogens with one attached hydrogen (secondary N) is 1. The van der Waals surface area contributed by atoms with E-state index in [1.54, 1.807) is 6.33 Å². The third kappa shape index (κ3) is 5.19. The highest BCUT2D eigenvalue weighted by Gasteiger charge is 2.29. The summed E-state index contributed by atoms with van der Waals surface area (Å²) >= 11 is 0. The number of aromatic carboxylic acids is 1. The van der Waals surface area contributed by atoms with Crippen molar-refractivity contribution in [1.29, 1.82) is 0 Å². The lowest BCUT2D eigenvalue weighted by molar-refractivity contribution is 0.0697. The molecule has 7 nitrogen and oxygen atoms in total. The van der Waals surface area contributed by atoms with Crippen molar-refractivity contribution in [3.05, 3.63) is 59.2 Å². The maximum atomic E-state index is 15.3. The first-order valence-electron chi connectivity index (χ1n) is 13.4. The van der Waals surface area contributed by atoms with Crippen molar-refractivity contribution in [2.45, 2.75) is 76.0 Å². The number of nitrogens with zero attached hydrogens (tertiary/aromatic N) is 3. The van der Waals surface area contributed by atoms with Crippen molar-refractivity contribution in [3.63, 3.8) is 0 Å².